The highest BCUT2D eigenvalue weighted by Gasteiger charge is 2.09. The average molecular weight is 255 g/mol. The maximum absolute atomic E-state index is 5.80. The van der Waals surface area contributed by atoms with Gasteiger partial charge in [0.1, 0.15) is 0 Å². The molecule has 4 heteroatoms. The molecule has 1 atom stereocenters. The lowest BCUT2D eigenvalue weighted by Gasteiger charge is -2.04. The van der Waals surface area contributed by atoms with Crippen molar-refractivity contribution in [1.29, 1.82) is 0 Å². The number of alkyl halides is 1. The van der Waals surface area contributed by atoms with E-state index in [9.17, 15) is 0 Å². The molecule has 0 bridgehead atoms. The number of hydrogen-bond donors (Lipinski definition) is 0. The maximum Gasteiger partial charge on any atom is 0.0802 e. The van der Waals surface area contributed by atoms with Gasteiger partial charge in [0.05, 0.1) is 11.2 Å². The highest BCUT2D eigenvalue weighted by Crippen LogP contribution is 2.24. The van der Waals surface area contributed by atoms with E-state index in [1.807, 2.05) is 29.6 Å². The molecule has 1 heterocycles. The molecule has 1 unspecified atom stereocenters. The minimum Gasteiger partial charge on any atom is -0.268 e. The Balaban J connectivity index is 2.24. The number of nitrogens with zero attached hydrogens (tertiary/aromatic N) is 2. The van der Waals surface area contributed by atoms with Gasteiger partial charge < -0.3 is 0 Å². The topological polar surface area (TPSA) is 17.8 Å². The summed E-state index contributed by atoms with van der Waals surface area (Å²) in [5.74, 6) is 1.62. The van der Waals surface area contributed by atoms with Crippen LogP contribution in [-0.4, -0.2) is 20.9 Å². The summed E-state index contributed by atoms with van der Waals surface area (Å²) in [7, 11) is 1.99. The Bertz CT molecular complexity index is 481. The third kappa shape index (κ3) is 2.36. The van der Waals surface area contributed by atoms with Crippen LogP contribution in [0.3, 0.4) is 0 Å². The fourth-order valence-corrected chi connectivity index (χ4v) is 2.67. The third-order valence-electron chi connectivity index (χ3n) is 2.56. The van der Waals surface area contributed by atoms with Crippen molar-refractivity contribution in [3.63, 3.8) is 0 Å². The molecule has 2 nitrogen and oxygen atoms in total. The second kappa shape index (κ2) is 5.11. The van der Waals surface area contributed by atoms with Crippen LogP contribution in [0, 0.1) is 0 Å². The van der Waals surface area contributed by atoms with Crippen LogP contribution in [0.25, 0.3) is 10.9 Å². The van der Waals surface area contributed by atoms with E-state index in [-0.39, 0.29) is 0 Å². The Labute approximate surface area is 105 Å². The van der Waals surface area contributed by atoms with E-state index in [2.05, 4.69) is 30.2 Å². The van der Waals surface area contributed by atoms with Crippen LogP contribution in [0.5, 0.6) is 0 Å². The molecular weight excluding hydrogens is 240 g/mol. The van der Waals surface area contributed by atoms with Crippen LogP contribution < -0.4 is 0 Å². The Morgan fingerprint density at radius 3 is 2.94 bits per heavy atom. The van der Waals surface area contributed by atoms with E-state index < -0.39 is 0 Å². The molecule has 0 N–H and O–H groups in total. The first-order valence-corrected chi connectivity index (χ1v) is 6.89. The lowest BCUT2D eigenvalue weighted by molar-refractivity contribution is 0.781. The van der Waals surface area contributed by atoms with Crippen molar-refractivity contribution in [3.8, 4) is 0 Å². The first-order chi connectivity index (χ1) is 7.72. The van der Waals surface area contributed by atoms with E-state index in [0.717, 1.165) is 11.4 Å². The number of halogens is 1. The number of rotatable bonds is 4. The molecule has 0 amide bonds. The van der Waals surface area contributed by atoms with Crippen LogP contribution in [0.15, 0.2) is 24.3 Å². The van der Waals surface area contributed by atoms with Crippen LogP contribution in [-0.2, 0) is 12.8 Å². The van der Waals surface area contributed by atoms with Gasteiger partial charge in [-0.3, -0.25) is 4.68 Å². The molecule has 2 aromatic rings. The zero-order chi connectivity index (χ0) is 11.5. The zero-order valence-corrected chi connectivity index (χ0v) is 11.1. The van der Waals surface area contributed by atoms with E-state index in [0.29, 0.717) is 11.1 Å². The van der Waals surface area contributed by atoms with Gasteiger partial charge in [0.25, 0.3) is 0 Å². The molecule has 0 aliphatic carbocycles. The molecule has 1 aromatic heterocycles. The molecule has 1 aromatic carbocycles. The fourth-order valence-electron chi connectivity index (χ4n) is 1.66. The average Bonchev–Trinajstić information content (AvgIpc) is 2.64. The number of aromatic nitrogens is 2. The summed E-state index contributed by atoms with van der Waals surface area (Å²) in [4.78, 5) is 0. The number of thioether (sulfide) groups is 1. The van der Waals surface area contributed by atoms with E-state index >= 15 is 0 Å². The van der Waals surface area contributed by atoms with Crippen LogP contribution in [0.4, 0.5) is 0 Å². The molecular formula is C12H15ClN2S. The Hall–Kier alpha value is -0.670. The third-order valence-corrected chi connectivity index (χ3v) is 4.38. The van der Waals surface area contributed by atoms with Crippen molar-refractivity contribution in [2.75, 3.05) is 5.88 Å². The van der Waals surface area contributed by atoms with Crippen molar-refractivity contribution in [2.24, 2.45) is 7.05 Å². The maximum atomic E-state index is 5.80. The Kier molecular flexibility index (Phi) is 3.77. The summed E-state index contributed by atoms with van der Waals surface area (Å²) in [5, 5.41) is 6.27. The van der Waals surface area contributed by atoms with Crippen molar-refractivity contribution in [1.82, 2.24) is 9.78 Å². The summed E-state index contributed by atoms with van der Waals surface area (Å²) < 4.78 is 1.94. The van der Waals surface area contributed by atoms with Crippen molar-refractivity contribution < 1.29 is 0 Å². The van der Waals surface area contributed by atoms with E-state index in [1.165, 1.54) is 10.9 Å². The summed E-state index contributed by atoms with van der Waals surface area (Å²) in [6, 6.07) is 8.33. The number of fused-ring (bicyclic) bond motifs is 1. The highest BCUT2D eigenvalue weighted by molar-refractivity contribution is 7.99. The summed E-state index contributed by atoms with van der Waals surface area (Å²) in [6.07, 6.45) is 0. The normalized spacial score (nSPS) is 13.2. The van der Waals surface area contributed by atoms with E-state index in [4.69, 9.17) is 11.6 Å². The highest BCUT2D eigenvalue weighted by atomic mass is 35.5. The van der Waals surface area contributed by atoms with Gasteiger partial charge >= 0.3 is 0 Å². The lowest BCUT2D eigenvalue weighted by atomic mass is 10.2. The van der Waals surface area contributed by atoms with Crippen LogP contribution in [0.1, 0.15) is 12.6 Å². The van der Waals surface area contributed by atoms with Crippen molar-refractivity contribution in [2.45, 2.75) is 17.9 Å². The number of para-hydroxylation sites is 1. The monoisotopic (exact) mass is 254 g/mol. The first-order valence-electron chi connectivity index (χ1n) is 5.30. The molecule has 86 valence electrons. The minimum atomic E-state index is 0.474. The predicted octanol–water partition coefficient (Wildman–Crippen LogP) is 3.43. The molecule has 0 radical (unpaired) electrons. The Morgan fingerprint density at radius 2 is 2.19 bits per heavy atom. The molecule has 16 heavy (non-hydrogen) atoms. The number of hydrogen-bond acceptors (Lipinski definition) is 2. The minimum absolute atomic E-state index is 0.474. The summed E-state index contributed by atoms with van der Waals surface area (Å²) in [6.45, 7) is 2.14. The van der Waals surface area contributed by atoms with Gasteiger partial charge in [-0.05, 0) is 6.07 Å². The van der Waals surface area contributed by atoms with Gasteiger partial charge in [-0.1, -0.05) is 25.1 Å². The standard InChI is InChI=1S/C12H15ClN2S/c1-9(7-13)16-8-11-10-5-3-4-6-12(10)15(2)14-11/h3-6,9H,7-8H2,1-2H3. The molecule has 0 fully saturated rings. The first kappa shape index (κ1) is 11.8. The van der Waals surface area contributed by atoms with Crippen molar-refractivity contribution in [3.05, 3.63) is 30.0 Å². The molecule has 0 aliphatic rings. The molecule has 0 saturated heterocycles. The second-order valence-corrected chi connectivity index (χ2v) is 5.60. The largest absolute Gasteiger partial charge is 0.268 e. The molecule has 0 aliphatic heterocycles. The van der Waals surface area contributed by atoms with Crippen LogP contribution >= 0.6 is 23.4 Å². The zero-order valence-electron chi connectivity index (χ0n) is 9.48. The fraction of sp³-hybridized carbons (Fsp3) is 0.417. The lowest BCUT2D eigenvalue weighted by Crippen LogP contribution is -1.98. The summed E-state index contributed by atoms with van der Waals surface area (Å²) in [5.41, 5.74) is 2.34. The predicted molar refractivity (Wildman–Crippen MR) is 72.2 cm³/mol. The van der Waals surface area contributed by atoms with Gasteiger partial charge in [-0.25, -0.2) is 0 Å². The SMILES string of the molecule is CC(CCl)SCc1nn(C)c2ccccc12. The van der Waals surface area contributed by atoms with Crippen molar-refractivity contribution >= 4 is 34.3 Å². The smallest absolute Gasteiger partial charge is 0.0802 e. The second-order valence-electron chi connectivity index (χ2n) is 3.86. The van der Waals surface area contributed by atoms with Gasteiger partial charge in [-0.2, -0.15) is 16.9 Å². The molecule has 0 saturated carbocycles. The number of aryl methyl sites for hydroxylation is 1. The Morgan fingerprint density at radius 1 is 1.44 bits per heavy atom. The van der Waals surface area contributed by atoms with Gasteiger partial charge in [0.15, 0.2) is 0 Å². The number of benzene rings is 1. The summed E-state index contributed by atoms with van der Waals surface area (Å²) >= 11 is 7.65. The van der Waals surface area contributed by atoms with Gasteiger partial charge in [0, 0.05) is 29.3 Å². The van der Waals surface area contributed by atoms with Gasteiger partial charge in [0.2, 0.25) is 0 Å². The van der Waals surface area contributed by atoms with Gasteiger partial charge in [-0.15, -0.1) is 11.6 Å². The quantitative estimate of drug-likeness (QED) is 0.778. The molecule has 2 rings (SSSR count). The van der Waals surface area contributed by atoms with Crippen LogP contribution in [0.2, 0.25) is 0 Å². The molecule has 0 spiro atoms. The van der Waals surface area contributed by atoms with E-state index in [1.54, 1.807) is 0 Å².